The van der Waals surface area contributed by atoms with Crippen LogP contribution < -0.4 is 15.4 Å². The van der Waals surface area contributed by atoms with Gasteiger partial charge in [0.25, 0.3) is 0 Å². The molecule has 1 aliphatic carbocycles. The van der Waals surface area contributed by atoms with Gasteiger partial charge in [0, 0.05) is 18.1 Å². The van der Waals surface area contributed by atoms with Crippen molar-refractivity contribution in [1.82, 2.24) is 5.32 Å². The predicted molar refractivity (Wildman–Crippen MR) is 86.3 cm³/mol. The van der Waals surface area contributed by atoms with Crippen molar-refractivity contribution in [3.63, 3.8) is 0 Å². The number of hydrogen-bond acceptors (Lipinski definition) is 2. The minimum Gasteiger partial charge on any atom is -0.490 e. The van der Waals surface area contributed by atoms with Crippen molar-refractivity contribution in [2.45, 2.75) is 44.6 Å². The molecular formula is C16H23ClN2O2. The van der Waals surface area contributed by atoms with Crippen LogP contribution in [-0.4, -0.2) is 24.6 Å². The highest BCUT2D eigenvalue weighted by molar-refractivity contribution is 6.18. The minimum atomic E-state index is -0.243. The Morgan fingerprint density at radius 3 is 2.43 bits per heavy atom. The number of benzene rings is 1. The number of anilines is 1. The number of hydrogen-bond donors (Lipinski definition) is 2. The van der Waals surface area contributed by atoms with E-state index in [2.05, 4.69) is 10.6 Å². The van der Waals surface area contributed by atoms with Gasteiger partial charge in [-0.05, 0) is 49.9 Å². The van der Waals surface area contributed by atoms with Gasteiger partial charge in [-0.1, -0.05) is 12.8 Å². The summed E-state index contributed by atoms with van der Waals surface area (Å²) in [6.07, 6.45) is 7.76. The van der Waals surface area contributed by atoms with Crippen LogP contribution in [0.3, 0.4) is 0 Å². The van der Waals surface area contributed by atoms with Crippen molar-refractivity contribution in [1.29, 1.82) is 0 Å². The fourth-order valence-electron chi connectivity index (χ4n) is 2.51. The van der Waals surface area contributed by atoms with Gasteiger partial charge >= 0.3 is 6.03 Å². The molecule has 1 aromatic carbocycles. The molecule has 4 nitrogen and oxygen atoms in total. The summed E-state index contributed by atoms with van der Waals surface area (Å²) in [6.45, 7) is 0.455. The molecule has 1 fully saturated rings. The molecule has 1 aliphatic rings. The third-order valence-corrected chi connectivity index (χ3v) is 3.79. The van der Waals surface area contributed by atoms with Gasteiger partial charge in [-0.25, -0.2) is 4.79 Å². The maximum Gasteiger partial charge on any atom is 0.319 e. The number of carbonyl (C=O) groups excluding carboxylic acids is 1. The van der Waals surface area contributed by atoms with E-state index in [4.69, 9.17) is 16.3 Å². The Balaban J connectivity index is 1.82. The Kier molecular flexibility index (Phi) is 6.67. The van der Waals surface area contributed by atoms with Crippen molar-refractivity contribution in [2.24, 2.45) is 0 Å². The number of carbonyl (C=O) groups is 1. The highest BCUT2D eigenvalue weighted by Gasteiger charge is 2.13. The van der Waals surface area contributed by atoms with Crippen LogP contribution in [0.1, 0.15) is 38.5 Å². The minimum absolute atomic E-state index is 0.243. The van der Waals surface area contributed by atoms with E-state index >= 15 is 0 Å². The summed E-state index contributed by atoms with van der Waals surface area (Å²) < 4.78 is 6.01. The van der Waals surface area contributed by atoms with E-state index in [1.165, 1.54) is 25.7 Å². The molecule has 0 atom stereocenters. The van der Waals surface area contributed by atoms with E-state index in [1.54, 1.807) is 0 Å². The first kappa shape index (κ1) is 16.0. The summed E-state index contributed by atoms with van der Waals surface area (Å²) in [6, 6.07) is 7.27. The first-order valence-electron chi connectivity index (χ1n) is 7.65. The van der Waals surface area contributed by atoms with E-state index in [1.807, 2.05) is 24.3 Å². The molecule has 0 saturated heterocycles. The van der Waals surface area contributed by atoms with Gasteiger partial charge in [-0.3, -0.25) is 0 Å². The SMILES string of the molecule is O=C(NCCCl)Nc1ccc(OC2CCCCCC2)cc1. The van der Waals surface area contributed by atoms with Crippen LogP contribution in [0.25, 0.3) is 0 Å². The number of urea groups is 1. The summed E-state index contributed by atoms with van der Waals surface area (Å²) in [4.78, 5) is 11.5. The normalized spacial score (nSPS) is 16.0. The summed E-state index contributed by atoms with van der Waals surface area (Å²) in [7, 11) is 0. The second kappa shape index (κ2) is 8.78. The summed E-state index contributed by atoms with van der Waals surface area (Å²) >= 11 is 5.51. The van der Waals surface area contributed by atoms with Crippen molar-refractivity contribution < 1.29 is 9.53 Å². The van der Waals surface area contributed by atoms with Gasteiger partial charge in [-0.15, -0.1) is 11.6 Å². The molecule has 1 aromatic rings. The molecule has 116 valence electrons. The number of amides is 2. The quantitative estimate of drug-likeness (QED) is 0.634. The topological polar surface area (TPSA) is 50.4 Å². The zero-order chi connectivity index (χ0) is 14.9. The molecule has 5 heteroatoms. The van der Waals surface area contributed by atoms with E-state index in [0.29, 0.717) is 18.5 Å². The molecular weight excluding hydrogens is 288 g/mol. The second-order valence-corrected chi connectivity index (χ2v) is 5.70. The van der Waals surface area contributed by atoms with Crippen molar-refractivity contribution in [3.05, 3.63) is 24.3 Å². The third kappa shape index (κ3) is 5.84. The molecule has 0 spiro atoms. The summed E-state index contributed by atoms with van der Waals surface area (Å²) in [5.74, 6) is 1.27. The molecule has 2 amide bonds. The lowest BCUT2D eigenvalue weighted by Crippen LogP contribution is -2.30. The molecule has 0 aliphatic heterocycles. The van der Waals surface area contributed by atoms with E-state index < -0.39 is 0 Å². The number of halogens is 1. The zero-order valence-electron chi connectivity index (χ0n) is 12.2. The van der Waals surface area contributed by atoms with Crippen LogP contribution in [0, 0.1) is 0 Å². The van der Waals surface area contributed by atoms with Crippen LogP contribution in [0.15, 0.2) is 24.3 Å². The molecule has 21 heavy (non-hydrogen) atoms. The van der Waals surface area contributed by atoms with E-state index in [0.717, 1.165) is 24.3 Å². The summed E-state index contributed by atoms with van der Waals surface area (Å²) in [5.41, 5.74) is 0.746. The fraction of sp³-hybridized carbons (Fsp3) is 0.562. The van der Waals surface area contributed by atoms with Crippen molar-refractivity contribution >= 4 is 23.3 Å². The number of rotatable bonds is 5. The number of alkyl halides is 1. The van der Waals surface area contributed by atoms with Gasteiger partial charge in [-0.2, -0.15) is 0 Å². The van der Waals surface area contributed by atoms with Crippen LogP contribution in [0.5, 0.6) is 5.75 Å². The van der Waals surface area contributed by atoms with E-state index in [-0.39, 0.29) is 6.03 Å². The molecule has 1 saturated carbocycles. The van der Waals surface area contributed by atoms with Gasteiger partial charge in [0.15, 0.2) is 0 Å². The molecule has 0 unspecified atom stereocenters. The van der Waals surface area contributed by atoms with Crippen LogP contribution in [0.4, 0.5) is 10.5 Å². The van der Waals surface area contributed by atoms with Gasteiger partial charge < -0.3 is 15.4 Å². The average Bonchev–Trinajstić information content (AvgIpc) is 2.76. The molecule has 0 aromatic heterocycles. The molecule has 0 bridgehead atoms. The molecule has 0 radical (unpaired) electrons. The average molecular weight is 311 g/mol. The lowest BCUT2D eigenvalue weighted by Gasteiger charge is -2.17. The first-order chi connectivity index (χ1) is 10.3. The van der Waals surface area contributed by atoms with Gasteiger partial charge in [0.2, 0.25) is 0 Å². The molecule has 2 N–H and O–H groups in total. The van der Waals surface area contributed by atoms with Crippen molar-refractivity contribution in [3.8, 4) is 5.75 Å². The number of nitrogens with one attached hydrogen (secondary N) is 2. The van der Waals surface area contributed by atoms with Gasteiger partial charge in [0.05, 0.1) is 6.10 Å². The third-order valence-electron chi connectivity index (χ3n) is 3.60. The van der Waals surface area contributed by atoms with Crippen LogP contribution in [0.2, 0.25) is 0 Å². The predicted octanol–water partition coefficient (Wildman–Crippen LogP) is 4.15. The summed E-state index contributed by atoms with van der Waals surface area (Å²) in [5, 5.41) is 5.41. The second-order valence-electron chi connectivity index (χ2n) is 5.33. The standard InChI is InChI=1S/C16H23ClN2O2/c17-11-12-18-16(20)19-13-7-9-15(10-8-13)21-14-5-3-1-2-4-6-14/h7-10,14H,1-6,11-12H2,(H2,18,19,20). The van der Waals surface area contributed by atoms with Crippen LogP contribution >= 0.6 is 11.6 Å². The smallest absolute Gasteiger partial charge is 0.319 e. The van der Waals surface area contributed by atoms with Crippen molar-refractivity contribution in [2.75, 3.05) is 17.7 Å². The van der Waals surface area contributed by atoms with Crippen LogP contribution in [-0.2, 0) is 0 Å². The molecule has 0 heterocycles. The Labute approximate surface area is 131 Å². The maximum atomic E-state index is 11.5. The maximum absolute atomic E-state index is 11.5. The highest BCUT2D eigenvalue weighted by Crippen LogP contribution is 2.23. The van der Waals surface area contributed by atoms with Gasteiger partial charge in [0.1, 0.15) is 5.75 Å². The van der Waals surface area contributed by atoms with E-state index in [9.17, 15) is 4.79 Å². The largest absolute Gasteiger partial charge is 0.490 e. The highest BCUT2D eigenvalue weighted by atomic mass is 35.5. The lowest BCUT2D eigenvalue weighted by atomic mass is 10.1. The Hall–Kier alpha value is -1.42. The lowest BCUT2D eigenvalue weighted by molar-refractivity contribution is 0.184. The zero-order valence-corrected chi connectivity index (χ0v) is 13.0. The molecule has 2 rings (SSSR count). The Morgan fingerprint density at radius 1 is 1.14 bits per heavy atom. The monoisotopic (exact) mass is 310 g/mol. The number of ether oxygens (including phenoxy) is 1. The Bertz CT molecular complexity index is 428. The fourth-order valence-corrected chi connectivity index (χ4v) is 2.60. The first-order valence-corrected chi connectivity index (χ1v) is 8.19. The Morgan fingerprint density at radius 2 is 1.81 bits per heavy atom.